The molecule has 1 fully saturated rings. The van der Waals surface area contributed by atoms with Crippen molar-refractivity contribution in [3.05, 3.63) is 24.0 Å². The number of aliphatic hydroxyl groups is 1. The van der Waals surface area contributed by atoms with Crippen molar-refractivity contribution in [1.82, 2.24) is 5.43 Å². The van der Waals surface area contributed by atoms with Crippen LogP contribution in [0.4, 0.5) is 20.6 Å². The molecule has 2 rings (SSSR count). The second-order valence-corrected chi connectivity index (χ2v) is 4.09. The van der Waals surface area contributed by atoms with Crippen LogP contribution >= 0.6 is 0 Å². The molecule has 0 bridgehead atoms. The monoisotopic (exact) mass is 282 g/mol. The van der Waals surface area contributed by atoms with Gasteiger partial charge >= 0.3 is 6.09 Å². The van der Waals surface area contributed by atoms with Crippen LogP contribution in [0.15, 0.2) is 23.3 Å². The van der Waals surface area contributed by atoms with E-state index in [1.165, 1.54) is 23.4 Å². The van der Waals surface area contributed by atoms with Gasteiger partial charge in [-0.05, 0) is 18.2 Å². The molecule has 0 aromatic heterocycles. The van der Waals surface area contributed by atoms with Crippen LogP contribution in [0.3, 0.4) is 0 Å². The fourth-order valence-electron chi connectivity index (χ4n) is 1.78. The Morgan fingerprint density at radius 2 is 2.45 bits per heavy atom. The molecule has 1 heterocycles. The first-order chi connectivity index (χ1) is 9.65. The van der Waals surface area contributed by atoms with Crippen LogP contribution in [-0.4, -0.2) is 43.8 Å². The Hall–Kier alpha value is -2.35. The van der Waals surface area contributed by atoms with Crippen LogP contribution in [0.5, 0.6) is 0 Å². The van der Waals surface area contributed by atoms with Crippen molar-refractivity contribution in [3.63, 3.8) is 0 Å². The normalized spacial score (nSPS) is 18.4. The Morgan fingerprint density at radius 1 is 1.65 bits per heavy atom. The van der Waals surface area contributed by atoms with E-state index in [2.05, 4.69) is 15.8 Å². The van der Waals surface area contributed by atoms with Gasteiger partial charge in [-0.1, -0.05) is 0 Å². The van der Waals surface area contributed by atoms with Gasteiger partial charge in [-0.25, -0.2) is 9.18 Å². The van der Waals surface area contributed by atoms with E-state index in [9.17, 15) is 9.18 Å². The lowest BCUT2D eigenvalue weighted by Crippen LogP contribution is -2.25. The number of amides is 1. The third-order valence-electron chi connectivity index (χ3n) is 2.76. The van der Waals surface area contributed by atoms with Crippen molar-refractivity contribution < 1.29 is 19.0 Å². The number of carbonyl (C=O) groups excluding carboxylic acids is 1. The Labute approximate surface area is 115 Å². The summed E-state index contributed by atoms with van der Waals surface area (Å²) in [5.41, 5.74) is 3.13. The highest BCUT2D eigenvalue weighted by Gasteiger charge is 2.32. The maximum atomic E-state index is 13.9. The predicted molar refractivity (Wildman–Crippen MR) is 72.3 cm³/mol. The summed E-state index contributed by atoms with van der Waals surface area (Å²) < 4.78 is 18.8. The van der Waals surface area contributed by atoms with E-state index in [4.69, 9.17) is 9.84 Å². The number of hydrogen-bond acceptors (Lipinski definition) is 5. The third-order valence-corrected chi connectivity index (χ3v) is 2.76. The van der Waals surface area contributed by atoms with Gasteiger partial charge in [0.25, 0.3) is 0 Å². The van der Waals surface area contributed by atoms with Crippen LogP contribution in [-0.2, 0) is 4.74 Å². The smallest absolute Gasteiger partial charge is 0.414 e. The fourth-order valence-corrected chi connectivity index (χ4v) is 1.78. The number of aliphatic hydroxyl groups excluding tert-OH is 1. The van der Waals surface area contributed by atoms with Crippen molar-refractivity contribution in [3.8, 4) is 0 Å². The molecule has 0 saturated carbocycles. The zero-order valence-corrected chi connectivity index (χ0v) is 10.8. The SMILES string of the molecule is CN/N=C\Nc1ccc(N2C[C@H](CO)OC2=O)cc1F. The van der Waals surface area contributed by atoms with Crippen molar-refractivity contribution in [1.29, 1.82) is 0 Å². The van der Waals surface area contributed by atoms with Crippen molar-refractivity contribution in [2.24, 2.45) is 5.10 Å². The standard InChI is InChI=1S/C12H15FN4O3/c1-14-16-7-15-11-3-2-8(4-10(11)13)17-5-9(6-18)20-12(17)19/h2-4,7,9,14,18H,5-6H2,1H3,(H,15,16)/t9-/m1/s1. The van der Waals surface area contributed by atoms with Gasteiger partial charge in [-0.15, -0.1) is 0 Å². The molecule has 3 N–H and O–H groups in total. The van der Waals surface area contributed by atoms with Gasteiger partial charge in [0.05, 0.1) is 24.5 Å². The molecule has 1 atom stereocenters. The number of nitrogens with zero attached hydrogens (tertiary/aromatic N) is 2. The largest absolute Gasteiger partial charge is 0.441 e. The first kappa shape index (κ1) is 14.1. The summed E-state index contributed by atoms with van der Waals surface area (Å²) in [5.74, 6) is -0.523. The number of carbonyl (C=O) groups is 1. The molecule has 1 aliphatic heterocycles. The molecule has 0 aliphatic carbocycles. The number of rotatable bonds is 5. The lowest BCUT2D eigenvalue weighted by Gasteiger charge is -2.14. The maximum absolute atomic E-state index is 13.9. The molecule has 108 valence electrons. The summed E-state index contributed by atoms with van der Waals surface area (Å²) in [6.07, 6.45) is 0.135. The fraction of sp³-hybridized carbons (Fsp3) is 0.333. The minimum Gasteiger partial charge on any atom is -0.441 e. The van der Waals surface area contributed by atoms with Gasteiger partial charge in [-0.3, -0.25) is 4.90 Å². The summed E-state index contributed by atoms with van der Waals surface area (Å²) >= 11 is 0. The third kappa shape index (κ3) is 2.97. The number of nitrogens with one attached hydrogen (secondary N) is 2. The van der Waals surface area contributed by atoms with Gasteiger partial charge in [0, 0.05) is 7.05 Å². The van der Waals surface area contributed by atoms with Crippen LogP contribution in [0.1, 0.15) is 0 Å². The highest BCUT2D eigenvalue weighted by molar-refractivity contribution is 5.90. The second kappa shape index (κ2) is 6.20. The van der Waals surface area contributed by atoms with Gasteiger partial charge in [0.1, 0.15) is 18.3 Å². The summed E-state index contributed by atoms with van der Waals surface area (Å²) in [5, 5.41) is 15.3. The van der Waals surface area contributed by atoms with E-state index in [1.807, 2.05) is 0 Å². The van der Waals surface area contributed by atoms with E-state index in [1.54, 1.807) is 13.1 Å². The van der Waals surface area contributed by atoms with Crippen molar-refractivity contribution >= 4 is 23.8 Å². The van der Waals surface area contributed by atoms with Crippen LogP contribution in [0, 0.1) is 5.82 Å². The average molecular weight is 282 g/mol. The Kier molecular flexibility index (Phi) is 4.36. The first-order valence-electron chi connectivity index (χ1n) is 5.99. The van der Waals surface area contributed by atoms with E-state index < -0.39 is 18.0 Å². The lowest BCUT2D eigenvalue weighted by atomic mass is 10.2. The number of hydrazone groups is 1. The van der Waals surface area contributed by atoms with Gasteiger partial charge in [0.15, 0.2) is 0 Å². The molecule has 7 nitrogen and oxygen atoms in total. The van der Waals surface area contributed by atoms with Gasteiger partial charge in [-0.2, -0.15) is 5.10 Å². The Bertz CT molecular complexity index is 523. The van der Waals surface area contributed by atoms with Gasteiger partial charge in [0.2, 0.25) is 0 Å². The van der Waals surface area contributed by atoms with E-state index >= 15 is 0 Å². The van der Waals surface area contributed by atoms with Crippen LogP contribution < -0.4 is 15.6 Å². The number of cyclic esters (lactones) is 1. The van der Waals surface area contributed by atoms with Crippen LogP contribution in [0.25, 0.3) is 0 Å². The molecular weight excluding hydrogens is 267 g/mol. The summed E-state index contributed by atoms with van der Waals surface area (Å²) in [6.45, 7) is -0.0619. The number of anilines is 2. The average Bonchev–Trinajstić information content (AvgIpc) is 2.82. The topological polar surface area (TPSA) is 86.2 Å². The zero-order chi connectivity index (χ0) is 14.5. The van der Waals surface area contributed by atoms with E-state index in [0.29, 0.717) is 5.69 Å². The molecular formula is C12H15FN4O3. The molecule has 8 heteroatoms. The molecule has 1 amide bonds. The van der Waals surface area contributed by atoms with Crippen molar-refractivity contribution in [2.75, 3.05) is 30.4 Å². The highest BCUT2D eigenvalue weighted by Crippen LogP contribution is 2.25. The number of benzene rings is 1. The molecule has 0 unspecified atom stereocenters. The molecule has 1 saturated heterocycles. The number of hydrogen-bond donors (Lipinski definition) is 3. The molecule has 1 aromatic carbocycles. The Morgan fingerprint density at radius 3 is 3.05 bits per heavy atom. The Balaban J connectivity index is 2.13. The number of ether oxygens (including phenoxy) is 1. The minimum absolute atomic E-state index is 0.197. The molecule has 20 heavy (non-hydrogen) atoms. The summed E-state index contributed by atoms with van der Waals surface area (Å²) in [4.78, 5) is 12.8. The maximum Gasteiger partial charge on any atom is 0.414 e. The molecule has 0 radical (unpaired) electrons. The number of halogens is 1. The first-order valence-corrected chi connectivity index (χ1v) is 5.99. The second-order valence-electron chi connectivity index (χ2n) is 4.09. The minimum atomic E-state index is -0.596. The highest BCUT2D eigenvalue weighted by atomic mass is 19.1. The van der Waals surface area contributed by atoms with Crippen LogP contribution in [0.2, 0.25) is 0 Å². The molecule has 1 aliphatic rings. The molecule has 1 aromatic rings. The van der Waals surface area contributed by atoms with E-state index in [0.717, 1.165) is 0 Å². The van der Waals surface area contributed by atoms with Crippen molar-refractivity contribution in [2.45, 2.75) is 6.10 Å². The molecule has 0 spiro atoms. The summed E-state index contributed by atoms with van der Waals surface area (Å²) in [7, 11) is 1.62. The van der Waals surface area contributed by atoms with E-state index in [-0.39, 0.29) is 18.8 Å². The zero-order valence-electron chi connectivity index (χ0n) is 10.8. The summed E-state index contributed by atoms with van der Waals surface area (Å²) in [6, 6.07) is 4.29. The lowest BCUT2D eigenvalue weighted by molar-refractivity contribution is 0.0963. The van der Waals surface area contributed by atoms with Gasteiger partial charge < -0.3 is 20.6 Å². The quantitative estimate of drug-likeness (QED) is 0.421. The predicted octanol–water partition coefficient (Wildman–Crippen LogP) is 0.718.